The molecule has 1 saturated heterocycles. The zero-order valence-corrected chi connectivity index (χ0v) is 20.5. The standard InChI is InChI=1S/C25H30Cl2N2O3/c1-5-29(21-19(26)12-9-13-20(21)27)22(30)25(18-10-7-6-8-11-18)14-16-28(17-15-25)23(31)32-24(2,3)4/h6-13H,5,14-17H2,1-4H3. The predicted octanol–water partition coefficient (Wildman–Crippen LogP) is 6.32. The van der Waals surface area contributed by atoms with Crippen molar-refractivity contribution in [1.29, 1.82) is 0 Å². The number of hydrogen-bond acceptors (Lipinski definition) is 3. The van der Waals surface area contributed by atoms with Crippen molar-refractivity contribution in [3.8, 4) is 0 Å². The van der Waals surface area contributed by atoms with Crippen LogP contribution in [-0.2, 0) is 14.9 Å². The Kier molecular flexibility index (Phi) is 7.41. The Morgan fingerprint density at radius 1 is 1.00 bits per heavy atom. The number of nitrogens with zero attached hydrogens (tertiary/aromatic N) is 2. The fourth-order valence-electron chi connectivity index (χ4n) is 4.19. The van der Waals surface area contributed by atoms with Gasteiger partial charge in [0, 0.05) is 19.6 Å². The van der Waals surface area contributed by atoms with Crippen molar-refractivity contribution in [2.75, 3.05) is 24.5 Å². The van der Waals surface area contributed by atoms with E-state index in [1.807, 2.05) is 58.0 Å². The van der Waals surface area contributed by atoms with E-state index in [-0.39, 0.29) is 12.0 Å². The number of hydrogen-bond donors (Lipinski definition) is 0. The van der Waals surface area contributed by atoms with Crippen LogP contribution in [0.25, 0.3) is 0 Å². The number of amides is 2. The van der Waals surface area contributed by atoms with Crippen LogP contribution in [0.15, 0.2) is 48.5 Å². The fraction of sp³-hybridized carbons (Fsp3) is 0.440. The topological polar surface area (TPSA) is 49.9 Å². The maximum absolute atomic E-state index is 14.1. The summed E-state index contributed by atoms with van der Waals surface area (Å²) < 4.78 is 5.54. The van der Waals surface area contributed by atoms with Crippen molar-refractivity contribution in [2.24, 2.45) is 0 Å². The van der Waals surface area contributed by atoms with Crippen LogP contribution < -0.4 is 4.90 Å². The third-order valence-corrected chi connectivity index (χ3v) is 6.38. The number of likely N-dealkylation sites (N-methyl/N-ethyl adjacent to an activating group) is 1. The van der Waals surface area contributed by atoms with Gasteiger partial charge in [-0.15, -0.1) is 0 Å². The number of carbonyl (C=O) groups excluding carboxylic acids is 2. The van der Waals surface area contributed by atoms with Crippen molar-refractivity contribution < 1.29 is 14.3 Å². The van der Waals surface area contributed by atoms with Gasteiger partial charge in [-0.05, 0) is 58.2 Å². The summed E-state index contributed by atoms with van der Waals surface area (Å²) in [6.45, 7) is 8.71. The summed E-state index contributed by atoms with van der Waals surface area (Å²) in [7, 11) is 0. The summed E-state index contributed by atoms with van der Waals surface area (Å²) in [5.41, 5.74) is 0.0857. The van der Waals surface area contributed by atoms with E-state index in [0.29, 0.717) is 48.2 Å². The van der Waals surface area contributed by atoms with Crippen LogP contribution in [0.1, 0.15) is 46.1 Å². The number of anilines is 1. The van der Waals surface area contributed by atoms with E-state index in [2.05, 4.69) is 0 Å². The Morgan fingerprint density at radius 3 is 2.06 bits per heavy atom. The van der Waals surface area contributed by atoms with Gasteiger partial charge >= 0.3 is 6.09 Å². The SMILES string of the molecule is CCN(C(=O)C1(c2ccccc2)CCN(C(=O)OC(C)(C)C)CC1)c1c(Cl)cccc1Cl. The van der Waals surface area contributed by atoms with Crippen LogP contribution in [0.4, 0.5) is 10.5 Å². The van der Waals surface area contributed by atoms with Crippen LogP contribution >= 0.6 is 23.2 Å². The van der Waals surface area contributed by atoms with Gasteiger partial charge in [0.1, 0.15) is 5.60 Å². The van der Waals surface area contributed by atoms with E-state index in [9.17, 15) is 9.59 Å². The molecule has 2 amide bonds. The monoisotopic (exact) mass is 476 g/mol. The lowest BCUT2D eigenvalue weighted by Crippen LogP contribution is -2.54. The minimum absolute atomic E-state index is 0.0648. The molecule has 172 valence electrons. The third kappa shape index (κ3) is 5.05. The molecule has 1 aliphatic rings. The first-order chi connectivity index (χ1) is 15.1. The van der Waals surface area contributed by atoms with E-state index >= 15 is 0 Å². The first kappa shape index (κ1) is 24.4. The highest BCUT2D eigenvalue weighted by molar-refractivity contribution is 6.40. The van der Waals surface area contributed by atoms with Gasteiger partial charge in [0.05, 0.1) is 21.1 Å². The Morgan fingerprint density at radius 2 is 1.56 bits per heavy atom. The maximum atomic E-state index is 14.1. The molecule has 0 bridgehead atoms. The molecule has 3 rings (SSSR count). The van der Waals surface area contributed by atoms with E-state index in [1.54, 1.807) is 28.0 Å². The van der Waals surface area contributed by atoms with Crippen LogP contribution in [0.2, 0.25) is 10.0 Å². The number of para-hydroxylation sites is 1. The van der Waals surface area contributed by atoms with Gasteiger partial charge in [0.15, 0.2) is 0 Å². The summed E-state index contributed by atoms with van der Waals surface area (Å²) in [6, 6.07) is 15.0. The molecule has 2 aromatic rings. The van der Waals surface area contributed by atoms with E-state index in [4.69, 9.17) is 27.9 Å². The molecule has 0 saturated carbocycles. The molecule has 5 nitrogen and oxygen atoms in total. The first-order valence-corrected chi connectivity index (χ1v) is 11.6. The van der Waals surface area contributed by atoms with Crippen molar-refractivity contribution in [3.05, 3.63) is 64.1 Å². The van der Waals surface area contributed by atoms with Gasteiger partial charge in [0.25, 0.3) is 0 Å². The number of benzene rings is 2. The highest BCUT2D eigenvalue weighted by Crippen LogP contribution is 2.41. The molecule has 32 heavy (non-hydrogen) atoms. The number of piperidine rings is 1. The van der Waals surface area contributed by atoms with Gasteiger partial charge in [-0.25, -0.2) is 4.79 Å². The second-order valence-electron chi connectivity index (χ2n) is 9.04. The normalized spacial score (nSPS) is 15.9. The second-order valence-corrected chi connectivity index (χ2v) is 9.85. The Bertz CT molecular complexity index is 945. The van der Waals surface area contributed by atoms with Crippen molar-refractivity contribution >= 4 is 40.9 Å². The van der Waals surface area contributed by atoms with Gasteiger partial charge in [0.2, 0.25) is 5.91 Å². The summed E-state index contributed by atoms with van der Waals surface area (Å²) >= 11 is 12.9. The third-order valence-electron chi connectivity index (χ3n) is 5.77. The molecular formula is C25H30Cl2N2O3. The molecule has 0 aliphatic carbocycles. The van der Waals surface area contributed by atoms with Crippen LogP contribution in [0, 0.1) is 0 Å². The maximum Gasteiger partial charge on any atom is 0.410 e. The molecule has 0 unspecified atom stereocenters. The average molecular weight is 477 g/mol. The zero-order valence-electron chi connectivity index (χ0n) is 19.0. The molecule has 0 aromatic heterocycles. The lowest BCUT2D eigenvalue weighted by atomic mass is 9.71. The highest BCUT2D eigenvalue weighted by atomic mass is 35.5. The summed E-state index contributed by atoms with van der Waals surface area (Å²) in [6.07, 6.45) is 0.606. The molecule has 0 atom stereocenters. The largest absolute Gasteiger partial charge is 0.444 e. The molecule has 0 N–H and O–H groups in total. The molecule has 1 fully saturated rings. The van der Waals surface area contributed by atoms with Gasteiger partial charge in [-0.3, -0.25) is 4.79 Å². The predicted molar refractivity (Wildman–Crippen MR) is 130 cm³/mol. The van der Waals surface area contributed by atoms with Crippen LogP contribution in [-0.4, -0.2) is 42.1 Å². The lowest BCUT2D eigenvalue weighted by Gasteiger charge is -2.43. The average Bonchev–Trinajstić information content (AvgIpc) is 2.75. The quantitative estimate of drug-likeness (QED) is 0.518. The Hall–Kier alpha value is -2.24. The first-order valence-electron chi connectivity index (χ1n) is 10.9. The summed E-state index contributed by atoms with van der Waals surface area (Å²) in [4.78, 5) is 30.1. The molecule has 0 radical (unpaired) electrons. The zero-order chi connectivity index (χ0) is 23.5. The molecule has 1 heterocycles. The molecule has 7 heteroatoms. The second kappa shape index (κ2) is 9.72. The van der Waals surface area contributed by atoms with Gasteiger partial charge in [-0.1, -0.05) is 59.6 Å². The summed E-state index contributed by atoms with van der Waals surface area (Å²) in [5.74, 6) is -0.0648. The Balaban J connectivity index is 1.96. The Labute approximate surface area is 200 Å². The van der Waals surface area contributed by atoms with Crippen LogP contribution in [0.3, 0.4) is 0 Å². The van der Waals surface area contributed by atoms with Crippen molar-refractivity contribution in [1.82, 2.24) is 4.90 Å². The number of halogens is 2. The fourth-order valence-corrected chi connectivity index (χ4v) is 4.79. The van der Waals surface area contributed by atoms with Crippen LogP contribution in [0.5, 0.6) is 0 Å². The molecule has 2 aromatic carbocycles. The number of rotatable bonds is 4. The van der Waals surface area contributed by atoms with Gasteiger partial charge < -0.3 is 14.5 Å². The van der Waals surface area contributed by atoms with E-state index in [0.717, 1.165) is 5.56 Å². The number of ether oxygens (including phenoxy) is 1. The summed E-state index contributed by atoms with van der Waals surface area (Å²) in [5, 5.41) is 0.865. The molecule has 1 aliphatic heterocycles. The number of carbonyl (C=O) groups is 2. The molecular weight excluding hydrogens is 447 g/mol. The smallest absolute Gasteiger partial charge is 0.410 e. The van der Waals surface area contributed by atoms with Crippen molar-refractivity contribution in [3.63, 3.8) is 0 Å². The highest BCUT2D eigenvalue weighted by Gasteiger charge is 2.46. The van der Waals surface area contributed by atoms with Crippen molar-refractivity contribution in [2.45, 2.75) is 51.6 Å². The molecule has 0 spiro atoms. The minimum atomic E-state index is -0.793. The van der Waals surface area contributed by atoms with E-state index < -0.39 is 11.0 Å². The lowest BCUT2D eigenvalue weighted by molar-refractivity contribution is -0.126. The van der Waals surface area contributed by atoms with E-state index in [1.165, 1.54) is 0 Å². The number of likely N-dealkylation sites (tertiary alicyclic amines) is 1. The van der Waals surface area contributed by atoms with Gasteiger partial charge in [-0.2, -0.15) is 0 Å². The minimum Gasteiger partial charge on any atom is -0.444 e.